The molecule has 0 aromatic rings. The minimum absolute atomic E-state index is 1.04. The molecule has 0 bridgehead atoms. The first-order valence-corrected chi connectivity index (χ1v) is 6.82. The van der Waals surface area contributed by atoms with Crippen LogP contribution in [0.5, 0.6) is 0 Å². The molecule has 0 spiro atoms. The molecule has 16 heavy (non-hydrogen) atoms. The molecule has 0 saturated heterocycles. The van der Waals surface area contributed by atoms with Crippen LogP contribution < -0.4 is 0 Å². The van der Waals surface area contributed by atoms with Gasteiger partial charge in [0.05, 0.1) is 0 Å². The van der Waals surface area contributed by atoms with E-state index in [1.807, 2.05) is 0 Å². The van der Waals surface area contributed by atoms with Crippen molar-refractivity contribution >= 4 is 0 Å². The Labute approximate surface area is 102 Å². The molecule has 0 rings (SSSR count). The molecule has 0 saturated carbocycles. The molecule has 92 valence electrons. The second-order valence-corrected chi connectivity index (χ2v) is 4.36. The lowest BCUT2D eigenvalue weighted by molar-refractivity contribution is 0.611. The summed E-state index contributed by atoms with van der Waals surface area (Å²) in [4.78, 5) is 0. The number of hydrogen-bond donors (Lipinski definition) is 0. The molecule has 0 aromatic carbocycles. The normalized spacial score (nSPS) is 11.6. The first-order valence-electron chi connectivity index (χ1n) is 6.82. The van der Waals surface area contributed by atoms with Crippen molar-refractivity contribution in [3.8, 4) is 0 Å². The van der Waals surface area contributed by atoms with Crippen LogP contribution in [0, 0.1) is 0 Å². The van der Waals surface area contributed by atoms with Crippen LogP contribution in [0.4, 0.5) is 0 Å². The standard InChI is InChI=1S/C16H28/c1-4-6-7-8-9-10-11-12-13-14-15-16(3)5-2/h12-15H,3-11H2,1-2H3. The first-order chi connectivity index (χ1) is 7.81. The summed E-state index contributed by atoms with van der Waals surface area (Å²) in [5.41, 5.74) is 1.20. The highest BCUT2D eigenvalue weighted by molar-refractivity contribution is 5.18. The van der Waals surface area contributed by atoms with E-state index in [9.17, 15) is 0 Å². The van der Waals surface area contributed by atoms with E-state index < -0.39 is 0 Å². The summed E-state index contributed by atoms with van der Waals surface area (Å²) < 4.78 is 0. The molecule has 0 fully saturated rings. The van der Waals surface area contributed by atoms with E-state index in [1.165, 1.54) is 50.5 Å². The molecule has 0 aliphatic rings. The van der Waals surface area contributed by atoms with Crippen LogP contribution in [0.2, 0.25) is 0 Å². The lowest BCUT2D eigenvalue weighted by Crippen LogP contribution is -1.77. The maximum absolute atomic E-state index is 3.93. The van der Waals surface area contributed by atoms with Crippen LogP contribution >= 0.6 is 0 Å². The molecule has 0 N–H and O–H groups in total. The largest absolute Gasteiger partial charge is 0.0958 e. The van der Waals surface area contributed by atoms with Gasteiger partial charge in [-0.15, -0.1) is 0 Å². The van der Waals surface area contributed by atoms with Crippen molar-refractivity contribution in [1.29, 1.82) is 0 Å². The Bertz CT molecular complexity index is 208. The fourth-order valence-corrected chi connectivity index (χ4v) is 1.53. The average molecular weight is 220 g/mol. The van der Waals surface area contributed by atoms with Gasteiger partial charge in [-0.2, -0.15) is 0 Å². The Morgan fingerprint density at radius 1 is 0.938 bits per heavy atom. The molecule has 0 unspecified atom stereocenters. The van der Waals surface area contributed by atoms with Gasteiger partial charge in [-0.05, 0) is 19.3 Å². The van der Waals surface area contributed by atoms with E-state index in [1.54, 1.807) is 0 Å². The highest BCUT2D eigenvalue weighted by Gasteiger charge is 1.87. The fourth-order valence-electron chi connectivity index (χ4n) is 1.53. The van der Waals surface area contributed by atoms with Gasteiger partial charge in [0.1, 0.15) is 0 Å². The predicted octanol–water partition coefficient (Wildman–Crippen LogP) is 5.82. The number of unbranched alkanes of at least 4 members (excludes halogenated alkanes) is 6. The van der Waals surface area contributed by atoms with Crippen molar-refractivity contribution < 1.29 is 0 Å². The van der Waals surface area contributed by atoms with Gasteiger partial charge in [0, 0.05) is 0 Å². The molecule has 0 amide bonds. The Morgan fingerprint density at radius 2 is 1.62 bits per heavy atom. The van der Waals surface area contributed by atoms with E-state index in [-0.39, 0.29) is 0 Å². The Kier molecular flexibility index (Phi) is 11.7. The van der Waals surface area contributed by atoms with Gasteiger partial charge in [0.15, 0.2) is 0 Å². The van der Waals surface area contributed by atoms with Crippen LogP contribution in [0.25, 0.3) is 0 Å². The maximum Gasteiger partial charge on any atom is -0.0313 e. The zero-order valence-electron chi connectivity index (χ0n) is 11.2. The Balaban J connectivity index is 3.28. The van der Waals surface area contributed by atoms with E-state index in [0.717, 1.165) is 6.42 Å². The quantitative estimate of drug-likeness (QED) is 0.321. The highest BCUT2D eigenvalue weighted by Crippen LogP contribution is 2.07. The zero-order valence-corrected chi connectivity index (χ0v) is 11.2. The fraction of sp³-hybridized carbons (Fsp3) is 0.625. The lowest BCUT2D eigenvalue weighted by atomic mass is 10.1. The van der Waals surface area contributed by atoms with Crippen LogP contribution in [-0.4, -0.2) is 0 Å². The predicted molar refractivity (Wildman–Crippen MR) is 75.7 cm³/mol. The van der Waals surface area contributed by atoms with Gasteiger partial charge in [0.25, 0.3) is 0 Å². The molecule has 0 aromatic heterocycles. The third-order valence-corrected chi connectivity index (χ3v) is 2.76. The third kappa shape index (κ3) is 11.3. The molecule has 0 nitrogen and oxygen atoms in total. The lowest BCUT2D eigenvalue weighted by Gasteiger charge is -1.97. The van der Waals surface area contributed by atoms with Crippen molar-refractivity contribution in [2.45, 2.75) is 65.2 Å². The molecule has 0 heterocycles. The van der Waals surface area contributed by atoms with Gasteiger partial charge < -0.3 is 0 Å². The van der Waals surface area contributed by atoms with Crippen LogP contribution in [0.3, 0.4) is 0 Å². The molecule has 0 radical (unpaired) electrons. The first kappa shape index (κ1) is 15.2. The van der Waals surface area contributed by atoms with Crippen LogP contribution in [0.15, 0.2) is 36.5 Å². The maximum atomic E-state index is 3.93. The Hall–Kier alpha value is -0.780. The summed E-state index contributed by atoms with van der Waals surface area (Å²) in [5.74, 6) is 0. The number of hydrogen-bond acceptors (Lipinski definition) is 0. The second kappa shape index (κ2) is 12.3. The van der Waals surface area contributed by atoms with Gasteiger partial charge in [0.2, 0.25) is 0 Å². The van der Waals surface area contributed by atoms with Gasteiger partial charge in [-0.25, -0.2) is 0 Å². The average Bonchev–Trinajstić information content (AvgIpc) is 2.31. The molecular weight excluding hydrogens is 192 g/mol. The van der Waals surface area contributed by atoms with Crippen molar-refractivity contribution in [2.75, 3.05) is 0 Å². The van der Waals surface area contributed by atoms with E-state index >= 15 is 0 Å². The van der Waals surface area contributed by atoms with Gasteiger partial charge >= 0.3 is 0 Å². The van der Waals surface area contributed by atoms with Crippen molar-refractivity contribution in [1.82, 2.24) is 0 Å². The minimum Gasteiger partial charge on any atom is -0.0958 e. The molecule has 0 atom stereocenters. The van der Waals surface area contributed by atoms with Crippen molar-refractivity contribution in [2.24, 2.45) is 0 Å². The monoisotopic (exact) mass is 220 g/mol. The summed E-state index contributed by atoms with van der Waals surface area (Å²) in [6, 6.07) is 0. The van der Waals surface area contributed by atoms with Crippen LogP contribution in [0.1, 0.15) is 65.2 Å². The molecule has 0 aliphatic carbocycles. The molecular formula is C16H28. The SMILES string of the molecule is C=C(C=CC=CCCCCCCCC)CC. The summed E-state index contributed by atoms with van der Waals surface area (Å²) in [6.07, 6.45) is 19.1. The number of allylic oxidation sites excluding steroid dienone is 5. The van der Waals surface area contributed by atoms with Gasteiger partial charge in [-0.1, -0.05) is 82.4 Å². The summed E-state index contributed by atoms with van der Waals surface area (Å²) >= 11 is 0. The van der Waals surface area contributed by atoms with Crippen molar-refractivity contribution in [3.05, 3.63) is 36.5 Å². The minimum atomic E-state index is 1.04. The van der Waals surface area contributed by atoms with Crippen LogP contribution in [-0.2, 0) is 0 Å². The van der Waals surface area contributed by atoms with Gasteiger partial charge in [-0.3, -0.25) is 0 Å². The smallest absolute Gasteiger partial charge is 0.0313 e. The van der Waals surface area contributed by atoms with E-state index in [4.69, 9.17) is 0 Å². The van der Waals surface area contributed by atoms with E-state index in [2.05, 4.69) is 44.7 Å². The second-order valence-electron chi connectivity index (χ2n) is 4.36. The summed E-state index contributed by atoms with van der Waals surface area (Å²) in [7, 11) is 0. The topological polar surface area (TPSA) is 0 Å². The van der Waals surface area contributed by atoms with Crippen molar-refractivity contribution in [3.63, 3.8) is 0 Å². The summed E-state index contributed by atoms with van der Waals surface area (Å²) in [5, 5.41) is 0. The Morgan fingerprint density at radius 3 is 2.31 bits per heavy atom. The number of rotatable bonds is 10. The summed E-state index contributed by atoms with van der Waals surface area (Å²) in [6.45, 7) is 8.32. The third-order valence-electron chi connectivity index (χ3n) is 2.76. The highest BCUT2D eigenvalue weighted by atomic mass is 13.9. The van der Waals surface area contributed by atoms with E-state index in [0.29, 0.717) is 0 Å². The zero-order chi connectivity index (χ0) is 12.1. The molecule has 0 aliphatic heterocycles. The molecule has 0 heteroatoms.